The van der Waals surface area contributed by atoms with Gasteiger partial charge in [0.2, 0.25) is 0 Å². The fraction of sp³-hybridized carbons (Fsp3) is 0.600. The Morgan fingerprint density at radius 3 is 2.63 bits per heavy atom. The van der Waals surface area contributed by atoms with E-state index in [0.717, 1.165) is 37.4 Å². The lowest BCUT2D eigenvalue weighted by atomic mass is 10.1. The Morgan fingerprint density at radius 1 is 1.26 bits per heavy atom. The second-order valence-electron chi connectivity index (χ2n) is 4.64. The Bertz CT molecular complexity index is 358. The Hall–Kier alpha value is -1.26. The van der Waals surface area contributed by atoms with Crippen molar-refractivity contribution in [2.24, 2.45) is 5.73 Å². The highest BCUT2D eigenvalue weighted by Gasteiger charge is 2.17. The summed E-state index contributed by atoms with van der Waals surface area (Å²) in [5.74, 6) is 0.906. The van der Waals surface area contributed by atoms with Crippen molar-refractivity contribution < 1.29 is 9.47 Å². The molecule has 0 aliphatic carbocycles. The van der Waals surface area contributed by atoms with Gasteiger partial charge in [0.15, 0.2) is 0 Å². The second kappa shape index (κ2) is 8.77. The maximum Gasteiger partial charge on any atom is 0.142 e. The van der Waals surface area contributed by atoms with Crippen LogP contribution in [-0.4, -0.2) is 40.0 Å². The minimum Gasteiger partial charge on any atom is -0.495 e. The van der Waals surface area contributed by atoms with E-state index >= 15 is 0 Å². The number of hydrogen-bond acceptors (Lipinski definition) is 4. The summed E-state index contributed by atoms with van der Waals surface area (Å²) in [4.78, 5) is 2.35. The SMILES string of the molecule is COCCC(C)N(CCCN)c1ccccc1OC. The highest BCUT2D eigenvalue weighted by Crippen LogP contribution is 2.29. The quantitative estimate of drug-likeness (QED) is 0.745. The largest absolute Gasteiger partial charge is 0.495 e. The van der Waals surface area contributed by atoms with Gasteiger partial charge in [-0.1, -0.05) is 12.1 Å². The van der Waals surface area contributed by atoms with E-state index in [2.05, 4.69) is 17.9 Å². The zero-order valence-electron chi connectivity index (χ0n) is 12.3. The molecule has 108 valence electrons. The molecule has 0 saturated heterocycles. The highest BCUT2D eigenvalue weighted by atomic mass is 16.5. The Balaban J connectivity index is 2.88. The number of rotatable bonds is 9. The van der Waals surface area contributed by atoms with Gasteiger partial charge < -0.3 is 20.1 Å². The lowest BCUT2D eigenvalue weighted by Gasteiger charge is -2.32. The number of anilines is 1. The molecule has 0 radical (unpaired) electrons. The normalized spacial score (nSPS) is 12.2. The first-order chi connectivity index (χ1) is 9.24. The van der Waals surface area contributed by atoms with Crippen LogP contribution in [0.2, 0.25) is 0 Å². The summed E-state index contributed by atoms with van der Waals surface area (Å²) in [6.45, 7) is 4.60. The summed E-state index contributed by atoms with van der Waals surface area (Å²) in [5.41, 5.74) is 6.77. The maximum absolute atomic E-state index is 5.64. The first kappa shape index (κ1) is 15.8. The zero-order valence-corrected chi connectivity index (χ0v) is 12.3. The molecule has 1 unspecified atom stereocenters. The second-order valence-corrected chi connectivity index (χ2v) is 4.64. The van der Waals surface area contributed by atoms with E-state index in [1.165, 1.54) is 0 Å². The van der Waals surface area contributed by atoms with E-state index in [-0.39, 0.29) is 0 Å². The fourth-order valence-corrected chi connectivity index (χ4v) is 2.15. The van der Waals surface area contributed by atoms with E-state index in [1.54, 1.807) is 14.2 Å². The first-order valence-corrected chi connectivity index (χ1v) is 6.83. The topological polar surface area (TPSA) is 47.7 Å². The van der Waals surface area contributed by atoms with E-state index in [4.69, 9.17) is 15.2 Å². The number of ether oxygens (including phenoxy) is 2. The smallest absolute Gasteiger partial charge is 0.142 e. The van der Waals surface area contributed by atoms with Crippen LogP contribution in [0.25, 0.3) is 0 Å². The molecule has 4 heteroatoms. The van der Waals surface area contributed by atoms with E-state index < -0.39 is 0 Å². The zero-order chi connectivity index (χ0) is 14.1. The standard InChI is InChI=1S/C15H26N2O2/c1-13(9-12-18-2)17(11-6-10-16)14-7-4-5-8-15(14)19-3/h4-5,7-8,13H,6,9-12,16H2,1-3H3. The minimum absolute atomic E-state index is 0.391. The molecule has 0 fully saturated rings. The molecule has 1 atom stereocenters. The van der Waals surface area contributed by atoms with Crippen molar-refractivity contribution in [1.82, 2.24) is 0 Å². The van der Waals surface area contributed by atoms with Crippen LogP contribution < -0.4 is 15.4 Å². The van der Waals surface area contributed by atoms with E-state index in [9.17, 15) is 0 Å². The van der Waals surface area contributed by atoms with Crippen LogP contribution in [0.15, 0.2) is 24.3 Å². The number of nitrogens with zero attached hydrogens (tertiary/aromatic N) is 1. The van der Waals surface area contributed by atoms with Gasteiger partial charge in [-0.05, 0) is 38.4 Å². The average molecular weight is 266 g/mol. The molecule has 19 heavy (non-hydrogen) atoms. The third-order valence-electron chi connectivity index (χ3n) is 3.27. The third-order valence-corrected chi connectivity index (χ3v) is 3.27. The number of benzene rings is 1. The molecule has 1 rings (SSSR count). The molecule has 0 spiro atoms. The van der Waals surface area contributed by atoms with Gasteiger partial charge in [0, 0.05) is 26.3 Å². The summed E-state index contributed by atoms with van der Waals surface area (Å²) in [6.07, 6.45) is 1.95. The lowest BCUT2D eigenvalue weighted by molar-refractivity contribution is 0.188. The monoisotopic (exact) mass is 266 g/mol. The third kappa shape index (κ3) is 4.73. The summed E-state index contributed by atoms with van der Waals surface area (Å²) < 4.78 is 10.6. The molecule has 1 aromatic rings. The molecule has 1 aromatic carbocycles. The maximum atomic E-state index is 5.64. The average Bonchev–Trinajstić information content (AvgIpc) is 2.45. The molecular weight excluding hydrogens is 240 g/mol. The van der Waals surface area contributed by atoms with Crippen LogP contribution in [-0.2, 0) is 4.74 Å². The van der Waals surface area contributed by atoms with Gasteiger partial charge in [0.05, 0.1) is 12.8 Å². The minimum atomic E-state index is 0.391. The predicted octanol–water partition coefficient (Wildman–Crippen LogP) is 2.28. The summed E-state index contributed by atoms with van der Waals surface area (Å²) in [7, 11) is 3.44. The van der Waals surface area contributed by atoms with Gasteiger partial charge in [-0.2, -0.15) is 0 Å². The van der Waals surface area contributed by atoms with Gasteiger partial charge >= 0.3 is 0 Å². The first-order valence-electron chi connectivity index (χ1n) is 6.83. The van der Waals surface area contributed by atoms with Gasteiger partial charge in [-0.25, -0.2) is 0 Å². The van der Waals surface area contributed by atoms with Crippen LogP contribution >= 0.6 is 0 Å². The molecule has 0 aliphatic heterocycles. The highest BCUT2D eigenvalue weighted by molar-refractivity contribution is 5.59. The molecular formula is C15H26N2O2. The molecule has 4 nitrogen and oxygen atoms in total. The molecule has 0 aromatic heterocycles. The van der Waals surface area contributed by atoms with Gasteiger partial charge in [0.1, 0.15) is 5.75 Å². The van der Waals surface area contributed by atoms with Gasteiger partial charge in [-0.15, -0.1) is 0 Å². The number of hydrogen-bond donors (Lipinski definition) is 1. The molecule has 0 amide bonds. The van der Waals surface area contributed by atoms with Gasteiger partial charge in [0.25, 0.3) is 0 Å². The molecule has 0 bridgehead atoms. The Morgan fingerprint density at radius 2 is 2.00 bits per heavy atom. The van der Waals surface area contributed by atoms with E-state index in [0.29, 0.717) is 12.6 Å². The number of para-hydroxylation sites is 2. The molecule has 0 heterocycles. The van der Waals surface area contributed by atoms with Crippen molar-refractivity contribution in [1.29, 1.82) is 0 Å². The van der Waals surface area contributed by atoms with Crippen molar-refractivity contribution in [3.63, 3.8) is 0 Å². The number of nitrogens with two attached hydrogens (primary N) is 1. The van der Waals surface area contributed by atoms with Crippen LogP contribution in [0.5, 0.6) is 5.75 Å². The van der Waals surface area contributed by atoms with Crippen LogP contribution in [0, 0.1) is 0 Å². The Kier molecular flexibility index (Phi) is 7.30. The van der Waals surface area contributed by atoms with Crippen molar-refractivity contribution in [2.45, 2.75) is 25.8 Å². The van der Waals surface area contributed by atoms with Gasteiger partial charge in [-0.3, -0.25) is 0 Å². The predicted molar refractivity (Wildman–Crippen MR) is 80.0 cm³/mol. The molecule has 0 aliphatic rings. The van der Waals surface area contributed by atoms with Crippen molar-refractivity contribution in [3.05, 3.63) is 24.3 Å². The van der Waals surface area contributed by atoms with Crippen molar-refractivity contribution in [3.8, 4) is 5.75 Å². The molecule has 0 saturated carbocycles. The Labute approximate surface area is 116 Å². The fourth-order valence-electron chi connectivity index (χ4n) is 2.15. The van der Waals surface area contributed by atoms with Crippen LogP contribution in [0.4, 0.5) is 5.69 Å². The van der Waals surface area contributed by atoms with Crippen molar-refractivity contribution in [2.75, 3.05) is 38.8 Å². The van der Waals surface area contributed by atoms with E-state index in [1.807, 2.05) is 18.2 Å². The summed E-state index contributed by atoms with van der Waals surface area (Å²) in [5, 5.41) is 0. The van der Waals surface area contributed by atoms with Crippen LogP contribution in [0.1, 0.15) is 19.8 Å². The summed E-state index contributed by atoms with van der Waals surface area (Å²) >= 11 is 0. The summed E-state index contributed by atoms with van der Waals surface area (Å²) in [6, 6.07) is 8.51. The van der Waals surface area contributed by atoms with Crippen LogP contribution in [0.3, 0.4) is 0 Å². The van der Waals surface area contributed by atoms with Crippen molar-refractivity contribution >= 4 is 5.69 Å². The number of methoxy groups -OCH3 is 2. The molecule has 2 N–H and O–H groups in total. The lowest BCUT2D eigenvalue weighted by Crippen LogP contribution is -2.36.